The van der Waals surface area contributed by atoms with Crippen molar-refractivity contribution in [2.24, 2.45) is 5.92 Å². The number of nitrogens with one attached hydrogen (secondary N) is 1. The third kappa shape index (κ3) is 11.4. The number of hydrogen-bond donors (Lipinski definition) is 2. The van der Waals surface area contributed by atoms with Crippen molar-refractivity contribution in [3.63, 3.8) is 0 Å². The first-order chi connectivity index (χ1) is 19.4. The van der Waals surface area contributed by atoms with Crippen LogP contribution in [0.5, 0.6) is 0 Å². The molecule has 0 fully saturated rings. The normalized spacial score (nSPS) is 11.6. The topological polar surface area (TPSA) is 91.6 Å². The molecular weight excluding hydrogens is 514 g/mol. The van der Waals surface area contributed by atoms with Gasteiger partial charge in [0.25, 0.3) is 5.56 Å². The van der Waals surface area contributed by atoms with Crippen LogP contribution >= 0.6 is 0 Å². The number of pyridine rings is 1. The number of likely N-dealkylation sites (N-methyl/N-ethyl adjacent to an activating group) is 1. The molecule has 1 unspecified atom stereocenters. The molecule has 0 bridgehead atoms. The molecule has 0 spiro atoms. The Morgan fingerprint density at radius 2 is 1.59 bits per heavy atom. The number of rotatable bonds is 12. The predicted octanol–water partition coefficient (Wildman–Crippen LogP) is 5.80. The predicted molar refractivity (Wildman–Crippen MR) is 167 cm³/mol. The Morgan fingerprint density at radius 1 is 0.951 bits per heavy atom. The molecule has 0 aliphatic heterocycles. The van der Waals surface area contributed by atoms with Crippen molar-refractivity contribution in [3.8, 4) is 11.1 Å². The zero-order chi connectivity index (χ0) is 30.5. The Labute approximate surface area is 245 Å². The molecule has 7 heteroatoms. The summed E-state index contributed by atoms with van der Waals surface area (Å²) in [7, 11) is 3.95. The lowest BCUT2D eigenvalue weighted by Gasteiger charge is -2.20. The van der Waals surface area contributed by atoms with Crippen LogP contribution in [0.1, 0.15) is 61.4 Å². The molecule has 2 aromatic carbocycles. The van der Waals surface area contributed by atoms with Gasteiger partial charge in [0.1, 0.15) is 6.04 Å². The lowest BCUT2D eigenvalue weighted by Crippen LogP contribution is -2.38. The Hall–Kier alpha value is -3.71. The van der Waals surface area contributed by atoms with E-state index in [4.69, 9.17) is 5.11 Å². The van der Waals surface area contributed by atoms with Gasteiger partial charge in [0.15, 0.2) is 0 Å². The SMILES string of the molecule is CC(C)CCC(C(=O)NCCC(=O)O)n1ccc(CCN(C)C)cc1=O.Cc1cc(C)c(-c2ccccc2)c(C)c1. The minimum absolute atomic E-state index is 0.0576. The van der Waals surface area contributed by atoms with E-state index < -0.39 is 12.0 Å². The van der Waals surface area contributed by atoms with Crippen molar-refractivity contribution in [2.75, 3.05) is 27.2 Å². The highest BCUT2D eigenvalue weighted by atomic mass is 16.4. The van der Waals surface area contributed by atoms with Gasteiger partial charge in [-0.2, -0.15) is 0 Å². The molecule has 222 valence electrons. The van der Waals surface area contributed by atoms with E-state index in [0.29, 0.717) is 12.3 Å². The second kappa shape index (κ2) is 16.5. The molecule has 7 nitrogen and oxygen atoms in total. The molecule has 0 aliphatic carbocycles. The fourth-order valence-corrected chi connectivity index (χ4v) is 4.83. The largest absolute Gasteiger partial charge is 0.481 e. The number of carboxylic acids is 1. The average molecular weight is 562 g/mol. The van der Waals surface area contributed by atoms with Crippen LogP contribution < -0.4 is 10.9 Å². The first-order valence-corrected chi connectivity index (χ1v) is 14.4. The summed E-state index contributed by atoms with van der Waals surface area (Å²) in [5.74, 6) is -0.874. The number of hydrogen-bond acceptors (Lipinski definition) is 4. The van der Waals surface area contributed by atoms with Crippen LogP contribution in [-0.4, -0.2) is 53.6 Å². The summed E-state index contributed by atoms with van der Waals surface area (Å²) >= 11 is 0. The molecule has 0 radical (unpaired) electrons. The summed E-state index contributed by atoms with van der Waals surface area (Å²) in [6.45, 7) is 11.5. The molecule has 1 heterocycles. The molecule has 41 heavy (non-hydrogen) atoms. The number of amides is 1. The second-order valence-corrected chi connectivity index (χ2v) is 11.4. The van der Waals surface area contributed by atoms with Gasteiger partial charge in [0.2, 0.25) is 5.91 Å². The number of carbonyl (C=O) groups is 2. The van der Waals surface area contributed by atoms with Gasteiger partial charge in [-0.3, -0.25) is 14.4 Å². The van der Waals surface area contributed by atoms with Gasteiger partial charge in [0, 0.05) is 25.4 Å². The van der Waals surface area contributed by atoms with Gasteiger partial charge >= 0.3 is 5.97 Å². The van der Waals surface area contributed by atoms with Crippen molar-refractivity contribution in [2.45, 2.75) is 66.3 Å². The highest BCUT2D eigenvalue weighted by Gasteiger charge is 2.21. The lowest BCUT2D eigenvalue weighted by atomic mass is 9.94. The van der Waals surface area contributed by atoms with E-state index in [0.717, 1.165) is 24.9 Å². The highest BCUT2D eigenvalue weighted by molar-refractivity contribution is 5.80. The van der Waals surface area contributed by atoms with Crippen LogP contribution in [0.3, 0.4) is 0 Å². The van der Waals surface area contributed by atoms with E-state index >= 15 is 0 Å². The molecule has 2 N–H and O–H groups in total. The van der Waals surface area contributed by atoms with E-state index in [1.54, 1.807) is 12.3 Å². The molecular formula is C34H47N3O4. The van der Waals surface area contributed by atoms with Crippen molar-refractivity contribution in [1.82, 2.24) is 14.8 Å². The zero-order valence-corrected chi connectivity index (χ0v) is 25.7. The molecule has 3 rings (SSSR count). The van der Waals surface area contributed by atoms with Crippen LogP contribution in [-0.2, 0) is 16.0 Å². The molecule has 1 amide bonds. The van der Waals surface area contributed by atoms with Crippen LogP contribution in [0.2, 0.25) is 0 Å². The Bertz CT molecular complexity index is 1310. The zero-order valence-electron chi connectivity index (χ0n) is 25.7. The van der Waals surface area contributed by atoms with Crippen LogP contribution in [0.4, 0.5) is 0 Å². The summed E-state index contributed by atoms with van der Waals surface area (Å²) in [6, 6.07) is 17.9. The monoisotopic (exact) mass is 561 g/mol. The first kappa shape index (κ1) is 33.5. The van der Waals surface area contributed by atoms with Crippen molar-refractivity contribution in [3.05, 3.63) is 93.4 Å². The minimum atomic E-state index is -0.966. The van der Waals surface area contributed by atoms with E-state index in [1.165, 1.54) is 32.4 Å². The van der Waals surface area contributed by atoms with Gasteiger partial charge in [0.05, 0.1) is 6.42 Å². The van der Waals surface area contributed by atoms with Gasteiger partial charge in [-0.05, 0) is 93.9 Å². The standard InChI is InChI=1S/C19H31N3O4.C15H16/c1-14(2)5-6-16(19(26)20-10-7-18(24)25)22-12-9-15(13-17(22)23)8-11-21(3)4;1-11-9-12(2)15(13(3)10-11)14-7-5-4-6-8-14/h9,12-14,16H,5-8,10-11H2,1-4H3,(H,20,26)(H,24,25);4-10H,1-3H3. The molecule has 0 aliphatic rings. The summed E-state index contributed by atoms with van der Waals surface area (Å²) in [4.78, 5) is 37.7. The number of carbonyl (C=O) groups excluding carboxylic acids is 1. The summed E-state index contributed by atoms with van der Waals surface area (Å²) in [5, 5.41) is 11.3. The quantitative estimate of drug-likeness (QED) is 0.292. The third-order valence-electron chi connectivity index (χ3n) is 6.89. The van der Waals surface area contributed by atoms with Gasteiger partial charge in [-0.25, -0.2) is 0 Å². The number of aliphatic carboxylic acids is 1. The van der Waals surface area contributed by atoms with Gasteiger partial charge < -0.3 is 19.9 Å². The Morgan fingerprint density at radius 3 is 2.12 bits per heavy atom. The number of aryl methyl sites for hydroxylation is 3. The molecule has 1 atom stereocenters. The number of benzene rings is 2. The van der Waals surface area contributed by atoms with Gasteiger partial charge in [-0.1, -0.05) is 61.9 Å². The maximum Gasteiger partial charge on any atom is 0.305 e. The van der Waals surface area contributed by atoms with Crippen LogP contribution in [0.25, 0.3) is 11.1 Å². The van der Waals surface area contributed by atoms with E-state index in [9.17, 15) is 14.4 Å². The van der Waals surface area contributed by atoms with Gasteiger partial charge in [-0.15, -0.1) is 0 Å². The van der Waals surface area contributed by atoms with Crippen LogP contribution in [0.15, 0.2) is 65.6 Å². The number of aromatic nitrogens is 1. The van der Waals surface area contributed by atoms with E-state index in [1.807, 2.05) is 25.1 Å². The Kier molecular flexibility index (Phi) is 13.5. The smallest absolute Gasteiger partial charge is 0.305 e. The maximum atomic E-state index is 12.5. The fraction of sp³-hybridized carbons (Fsp3) is 0.441. The summed E-state index contributed by atoms with van der Waals surface area (Å²) in [6.07, 6.45) is 3.64. The molecule has 0 saturated carbocycles. The summed E-state index contributed by atoms with van der Waals surface area (Å²) in [5.41, 5.74) is 7.48. The van der Waals surface area contributed by atoms with Crippen molar-refractivity contribution in [1.29, 1.82) is 0 Å². The first-order valence-electron chi connectivity index (χ1n) is 14.4. The highest BCUT2D eigenvalue weighted by Crippen LogP contribution is 2.27. The second-order valence-electron chi connectivity index (χ2n) is 11.4. The van der Waals surface area contributed by atoms with Crippen molar-refractivity contribution >= 4 is 11.9 Å². The average Bonchev–Trinajstić information content (AvgIpc) is 2.88. The maximum absolute atomic E-state index is 12.5. The fourth-order valence-electron chi connectivity index (χ4n) is 4.83. The van der Waals surface area contributed by atoms with Crippen LogP contribution in [0, 0.1) is 26.7 Å². The minimum Gasteiger partial charge on any atom is -0.481 e. The molecule has 0 saturated heterocycles. The van der Waals surface area contributed by atoms with E-state index in [2.05, 4.69) is 82.4 Å². The third-order valence-corrected chi connectivity index (χ3v) is 6.89. The summed E-state index contributed by atoms with van der Waals surface area (Å²) < 4.78 is 1.46. The lowest BCUT2D eigenvalue weighted by molar-refractivity contribution is -0.137. The number of nitrogens with zero attached hydrogens (tertiary/aromatic N) is 2. The Balaban J connectivity index is 0.000000329. The van der Waals surface area contributed by atoms with Crippen molar-refractivity contribution < 1.29 is 14.7 Å². The molecule has 1 aromatic heterocycles. The number of carboxylic acid groups (broad SMARTS) is 1. The van der Waals surface area contributed by atoms with E-state index in [-0.39, 0.29) is 24.4 Å². The molecule has 3 aromatic rings.